The van der Waals surface area contributed by atoms with E-state index >= 15 is 0 Å². The van der Waals surface area contributed by atoms with E-state index in [1.165, 1.54) is 5.56 Å². The summed E-state index contributed by atoms with van der Waals surface area (Å²) in [6.45, 7) is 26.1. The molecule has 1 atom stereocenters. The van der Waals surface area contributed by atoms with Gasteiger partial charge in [-0.15, -0.1) is 0 Å². The average Bonchev–Trinajstić information content (AvgIpc) is 3.00. The molecular formula is C35H56BNO. The first-order chi connectivity index (χ1) is 18.7. The van der Waals surface area contributed by atoms with Crippen LogP contribution in [0.15, 0.2) is 97.1 Å². The van der Waals surface area contributed by atoms with Crippen molar-refractivity contribution in [2.24, 2.45) is 5.92 Å². The van der Waals surface area contributed by atoms with Gasteiger partial charge in [0, 0.05) is 11.6 Å². The molecule has 3 rings (SSSR count). The Kier molecular flexibility index (Phi) is 29.6. The lowest BCUT2D eigenvalue weighted by Gasteiger charge is -2.15. The quantitative estimate of drug-likeness (QED) is 0.177. The number of pyridine rings is 1. The van der Waals surface area contributed by atoms with E-state index in [0.29, 0.717) is 5.92 Å². The number of allylic oxidation sites excluding steroid dienone is 5. The molecule has 0 saturated heterocycles. The van der Waals surface area contributed by atoms with Gasteiger partial charge in [0.1, 0.15) is 11.3 Å². The predicted molar refractivity (Wildman–Crippen MR) is 178 cm³/mol. The second-order valence-corrected chi connectivity index (χ2v) is 6.94. The minimum Gasteiger partial charge on any atom is -0.550 e. The number of fused-ring (bicyclic) bond motifs is 1. The molecule has 1 aromatic heterocycles. The smallest absolute Gasteiger partial charge is 0.419 e. The first-order valence-electron chi connectivity index (χ1n) is 14.7. The average molecular weight is 518 g/mol. The van der Waals surface area contributed by atoms with E-state index in [0.717, 1.165) is 22.1 Å². The fourth-order valence-electron chi connectivity index (χ4n) is 3.05. The fraction of sp³-hybridized carbons (Fsp3) is 0.400. The first-order valence-corrected chi connectivity index (χ1v) is 14.7. The lowest BCUT2D eigenvalue weighted by molar-refractivity contribution is 0.596. The van der Waals surface area contributed by atoms with E-state index in [1.807, 2.05) is 94.4 Å². The second-order valence-electron chi connectivity index (χ2n) is 6.94. The van der Waals surface area contributed by atoms with E-state index in [-0.39, 0.29) is 6.92 Å². The van der Waals surface area contributed by atoms with Crippen LogP contribution in [0.4, 0.5) is 0 Å². The van der Waals surface area contributed by atoms with Crippen molar-refractivity contribution in [2.75, 3.05) is 0 Å². The van der Waals surface area contributed by atoms with Gasteiger partial charge in [-0.05, 0) is 37.4 Å². The van der Waals surface area contributed by atoms with Gasteiger partial charge in [-0.25, -0.2) is 0 Å². The lowest BCUT2D eigenvalue weighted by Crippen LogP contribution is -2.35. The Morgan fingerprint density at radius 2 is 1.32 bits per heavy atom. The lowest BCUT2D eigenvalue weighted by atomic mass is 9.60. The summed E-state index contributed by atoms with van der Waals surface area (Å²) in [5.74, 6) is 3.29. The number of para-hydroxylation sites is 1. The van der Waals surface area contributed by atoms with Gasteiger partial charge < -0.3 is 4.65 Å². The fourth-order valence-corrected chi connectivity index (χ4v) is 3.05. The largest absolute Gasteiger partial charge is 0.550 e. The molecule has 210 valence electrons. The monoisotopic (exact) mass is 517 g/mol. The second kappa shape index (κ2) is 28.5. The zero-order valence-electron chi connectivity index (χ0n) is 26.7. The van der Waals surface area contributed by atoms with Crippen molar-refractivity contribution in [2.45, 2.75) is 90.0 Å². The van der Waals surface area contributed by atoms with Gasteiger partial charge in [0.05, 0.1) is 0 Å². The maximum absolute atomic E-state index is 6.41. The van der Waals surface area contributed by atoms with Crippen LogP contribution >= 0.6 is 0 Å². The maximum atomic E-state index is 6.41. The zero-order chi connectivity index (χ0) is 29.8. The molecule has 1 unspecified atom stereocenters. The molecule has 38 heavy (non-hydrogen) atoms. The Bertz CT molecular complexity index is 985. The van der Waals surface area contributed by atoms with Crippen molar-refractivity contribution in [1.82, 2.24) is 4.98 Å². The molecule has 2 aromatic carbocycles. The Morgan fingerprint density at radius 1 is 0.737 bits per heavy atom. The molecule has 0 N–H and O–H groups in total. The van der Waals surface area contributed by atoms with Crippen LogP contribution in [0.3, 0.4) is 0 Å². The van der Waals surface area contributed by atoms with Crippen molar-refractivity contribution in [3.8, 4) is 5.75 Å². The Labute approximate surface area is 237 Å². The Hall–Kier alpha value is -3.07. The molecule has 0 radical (unpaired) electrons. The van der Waals surface area contributed by atoms with Crippen LogP contribution in [0, 0.1) is 12.8 Å². The Morgan fingerprint density at radius 3 is 1.89 bits per heavy atom. The van der Waals surface area contributed by atoms with Gasteiger partial charge in [0.25, 0.3) is 0 Å². The van der Waals surface area contributed by atoms with Crippen LogP contribution in [-0.2, 0) is 0 Å². The van der Waals surface area contributed by atoms with Crippen LogP contribution in [0.5, 0.6) is 5.75 Å². The first kappa shape index (κ1) is 39.4. The molecule has 2 nitrogen and oxygen atoms in total. The van der Waals surface area contributed by atoms with Crippen LogP contribution in [0.1, 0.15) is 88.6 Å². The van der Waals surface area contributed by atoms with Gasteiger partial charge in [0.2, 0.25) is 0 Å². The zero-order valence-corrected chi connectivity index (χ0v) is 26.7. The highest BCUT2D eigenvalue weighted by Gasteiger charge is 2.18. The van der Waals surface area contributed by atoms with E-state index in [4.69, 9.17) is 4.65 Å². The molecule has 0 aliphatic heterocycles. The van der Waals surface area contributed by atoms with Crippen molar-refractivity contribution in [3.05, 3.63) is 103 Å². The SMILES string of the molecule is C/C=C\C(C)C=C/C=C/B(Oc1cccc2cccnc12)c1ccc(C)cc1.CC.CC.CC.CC.CC. The highest BCUT2D eigenvalue weighted by molar-refractivity contribution is 6.72. The van der Waals surface area contributed by atoms with Crippen molar-refractivity contribution in [3.63, 3.8) is 0 Å². The number of nitrogens with zero attached hydrogens (tertiary/aromatic N) is 1. The summed E-state index contributed by atoms with van der Waals surface area (Å²) in [6, 6.07) is 18.5. The number of rotatable bonds is 7. The van der Waals surface area contributed by atoms with Crippen molar-refractivity contribution in [1.29, 1.82) is 0 Å². The van der Waals surface area contributed by atoms with Crippen LogP contribution in [0.25, 0.3) is 10.9 Å². The third-order valence-electron chi connectivity index (χ3n) is 4.56. The minimum atomic E-state index is -0.185. The molecule has 0 aliphatic carbocycles. The molecule has 0 bridgehead atoms. The molecule has 0 amide bonds. The summed E-state index contributed by atoms with van der Waals surface area (Å²) >= 11 is 0. The van der Waals surface area contributed by atoms with Crippen molar-refractivity contribution >= 4 is 23.3 Å². The summed E-state index contributed by atoms with van der Waals surface area (Å²) < 4.78 is 6.41. The summed E-state index contributed by atoms with van der Waals surface area (Å²) in [6.07, 6.45) is 12.4. The summed E-state index contributed by atoms with van der Waals surface area (Å²) in [5, 5.41) is 1.08. The molecule has 0 spiro atoms. The van der Waals surface area contributed by atoms with Crippen molar-refractivity contribution < 1.29 is 4.65 Å². The molecule has 0 saturated carbocycles. The number of hydrogen-bond donors (Lipinski definition) is 0. The summed E-state index contributed by atoms with van der Waals surface area (Å²) in [5.41, 5.74) is 3.23. The van der Waals surface area contributed by atoms with E-state index in [9.17, 15) is 0 Å². The normalized spacial score (nSPS) is 10.3. The van der Waals surface area contributed by atoms with Gasteiger partial charge in [-0.1, -0.05) is 161 Å². The number of aryl methyl sites for hydroxylation is 1. The van der Waals surface area contributed by atoms with Crippen LogP contribution in [0.2, 0.25) is 0 Å². The highest BCUT2D eigenvalue weighted by Crippen LogP contribution is 2.23. The third-order valence-corrected chi connectivity index (χ3v) is 4.56. The summed E-state index contributed by atoms with van der Waals surface area (Å²) in [4.78, 5) is 4.51. The molecule has 1 heterocycles. The van der Waals surface area contributed by atoms with Gasteiger partial charge in [-0.3, -0.25) is 4.98 Å². The third kappa shape index (κ3) is 15.9. The van der Waals surface area contributed by atoms with E-state index in [2.05, 4.69) is 91.6 Å². The Balaban J connectivity index is -0.00000110. The number of benzene rings is 2. The van der Waals surface area contributed by atoms with Gasteiger partial charge in [0.15, 0.2) is 0 Å². The molecule has 3 heteroatoms. The number of aromatic nitrogens is 1. The van der Waals surface area contributed by atoms with Crippen LogP contribution in [-0.4, -0.2) is 11.9 Å². The molecule has 3 aromatic rings. The predicted octanol–water partition coefficient (Wildman–Crippen LogP) is 10.8. The van der Waals surface area contributed by atoms with E-state index < -0.39 is 0 Å². The molecule has 0 fully saturated rings. The maximum Gasteiger partial charge on any atom is 0.419 e. The van der Waals surface area contributed by atoms with Crippen LogP contribution < -0.4 is 10.1 Å². The van der Waals surface area contributed by atoms with Gasteiger partial charge >= 0.3 is 6.92 Å². The highest BCUT2D eigenvalue weighted by atomic mass is 16.4. The molecular weight excluding hydrogens is 461 g/mol. The summed E-state index contributed by atoms with van der Waals surface area (Å²) in [7, 11) is 0. The topological polar surface area (TPSA) is 22.1 Å². The number of hydrogen-bond acceptors (Lipinski definition) is 2. The standard InChI is InChI=1S/C25H26BNO.5C2H6/c1-4-9-20(2)10-5-6-18-26(23-16-14-21(3)15-17-23)28-24-13-7-11-22-12-8-19-27-25(22)24;5*1-2/h4-20H,1-3H3;5*1-2H3/b9-4-,10-5?,18-6+;;;;;. The minimum absolute atomic E-state index is 0.185. The van der Waals surface area contributed by atoms with E-state index in [1.54, 1.807) is 6.20 Å². The van der Waals surface area contributed by atoms with Gasteiger partial charge in [-0.2, -0.15) is 0 Å². The molecule has 0 aliphatic rings.